The summed E-state index contributed by atoms with van der Waals surface area (Å²) < 4.78 is 4.63. The molecule has 0 heterocycles. The number of unbranched alkanes of at least 4 members (excludes halogenated alkanes) is 1. The normalized spacial score (nSPS) is 10.4. The van der Waals surface area contributed by atoms with Crippen molar-refractivity contribution >= 4 is 23.6 Å². The van der Waals surface area contributed by atoms with Crippen molar-refractivity contribution in [2.75, 3.05) is 12.9 Å². The van der Waals surface area contributed by atoms with E-state index in [9.17, 15) is 4.79 Å². The van der Waals surface area contributed by atoms with Crippen LogP contribution in [0.15, 0.2) is 53.4 Å². The molecule has 0 spiro atoms. The molecule has 0 unspecified atom stereocenters. The molecule has 0 aliphatic rings. The number of carbonyl (C=O) groups excluding carboxylic acids is 1. The van der Waals surface area contributed by atoms with Crippen molar-refractivity contribution in [1.82, 2.24) is 0 Å². The summed E-state index contributed by atoms with van der Waals surface area (Å²) in [6.07, 6.45) is 2.35. The number of carbonyl (C=O) groups is 1. The van der Waals surface area contributed by atoms with Gasteiger partial charge in [-0.2, -0.15) is 0 Å². The number of nitrogen functional groups attached to an aromatic ring is 1. The highest BCUT2D eigenvalue weighted by atomic mass is 32.2. The van der Waals surface area contributed by atoms with Crippen LogP contribution in [0, 0.1) is 5.41 Å². The Kier molecular flexibility index (Phi) is 6.88. The van der Waals surface area contributed by atoms with Gasteiger partial charge in [-0.1, -0.05) is 36.4 Å². The zero-order valence-electron chi connectivity index (χ0n) is 13.7. The van der Waals surface area contributed by atoms with Crippen molar-refractivity contribution in [1.29, 1.82) is 5.41 Å². The van der Waals surface area contributed by atoms with Gasteiger partial charge >= 0.3 is 5.97 Å². The van der Waals surface area contributed by atoms with E-state index in [1.54, 1.807) is 11.8 Å². The Hall–Kier alpha value is -2.27. The second kappa shape index (κ2) is 9.13. The zero-order valence-corrected chi connectivity index (χ0v) is 14.6. The van der Waals surface area contributed by atoms with E-state index in [4.69, 9.17) is 11.1 Å². The van der Waals surface area contributed by atoms with Crippen LogP contribution in [-0.4, -0.2) is 24.7 Å². The molecular weight excluding hydrogens is 320 g/mol. The molecule has 24 heavy (non-hydrogen) atoms. The summed E-state index contributed by atoms with van der Waals surface area (Å²) in [5.41, 5.74) is 8.45. The maximum Gasteiger partial charge on any atom is 0.305 e. The average Bonchev–Trinajstić information content (AvgIpc) is 2.62. The highest BCUT2D eigenvalue weighted by Gasteiger charge is 2.02. The number of hydrogen-bond acceptors (Lipinski definition) is 4. The maximum absolute atomic E-state index is 11.0. The Bertz CT molecular complexity index is 682. The molecule has 0 fully saturated rings. The van der Waals surface area contributed by atoms with Gasteiger partial charge in [-0.05, 0) is 41.9 Å². The minimum Gasteiger partial charge on any atom is -0.469 e. The van der Waals surface area contributed by atoms with Gasteiger partial charge in [-0.25, -0.2) is 0 Å². The number of thioether (sulfide) groups is 1. The van der Waals surface area contributed by atoms with Crippen LogP contribution in [0.25, 0.3) is 11.1 Å². The smallest absolute Gasteiger partial charge is 0.305 e. The number of nitrogens with one attached hydrogen (secondary N) is 1. The van der Waals surface area contributed by atoms with Gasteiger partial charge in [0.2, 0.25) is 0 Å². The summed E-state index contributed by atoms with van der Waals surface area (Å²) in [7, 11) is 1.42. The van der Waals surface area contributed by atoms with Gasteiger partial charge in [0.15, 0.2) is 0 Å². The van der Waals surface area contributed by atoms with Crippen LogP contribution >= 0.6 is 11.8 Å². The van der Waals surface area contributed by atoms with E-state index >= 15 is 0 Å². The molecule has 0 aromatic heterocycles. The Morgan fingerprint density at radius 2 is 1.62 bits per heavy atom. The van der Waals surface area contributed by atoms with Gasteiger partial charge < -0.3 is 10.5 Å². The Balaban J connectivity index is 1.84. The number of hydrogen-bond donors (Lipinski definition) is 2. The predicted octanol–water partition coefficient (Wildman–Crippen LogP) is 4.07. The van der Waals surface area contributed by atoms with E-state index < -0.39 is 0 Å². The first kappa shape index (κ1) is 18.1. The number of ether oxygens (including phenoxy) is 1. The number of rotatable bonds is 8. The minimum absolute atomic E-state index is 0.0838. The molecule has 0 radical (unpaired) electrons. The van der Waals surface area contributed by atoms with Crippen LogP contribution in [-0.2, 0) is 9.53 Å². The van der Waals surface area contributed by atoms with Gasteiger partial charge in [-0.3, -0.25) is 10.2 Å². The third-order valence-electron chi connectivity index (χ3n) is 3.66. The van der Waals surface area contributed by atoms with E-state index in [-0.39, 0.29) is 11.8 Å². The van der Waals surface area contributed by atoms with E-state index in [0.29, 0.717) is 6.42 Å². The van der Waals surface area contributed by atoms with E-state index in [2.05, 4.69) is 29.0 Å². The van der Waals surface area contributed by atoms with Crippen LogP contribution in [0.4, 0.5) is 0 Å². The molecule has 0 aliphatic carbocycles. The monoisotopic (exact) mass is 342 g/mol. The number of amidine groups is 1. The quantitative estimate of drug-likeness (QED) is 0.249. The van der Waals surface area contributed by atoms with Crippen molar-refractivity contribution in [2.45, 2.75) is 24.2 Å². The highest BCUT2D eigenvalue weighted by molar-refractivity contribution is 7.99. The second-order valence-electron chi connectivity index (χ2n) is 5.40. The molecule has 5 heteroatoms. The third-order valence-corrected chi connectivity index (χ3v) is 4.75. The molecule has 2 aromatic rings. The van der Waals surface area contributed by atoms with Crippen LogP contribution in [0.1, 0.15) is 24.8 Å². The molecule has 4 nitrogen and oxygen atoms in total. The lowest BCUT2D eigenvalue weighted by molar-refractivity contribution is -0.140. The molecular formula is C19H22N2O2S. The summed E-state index contributed by atoms with van der Waals surface area (Å²) in [6.45, 7) is 0. The summed E-state index contributed by atoms with van der Waals surface area (Å²) >= 11 is 1.79. The molecule has 2 aromatic carbocycles. The fraction of sp³-hybridized carbons (Fsp3) is 0.263. The largest absolute Gasteiger partial charge is 0.469 e. The Labute approximate surface area is 146 Å². The second-order valence-corrected chi connectivity index (χ2v) is 6.57. The molecule has 3 N–H and O–H groups in total. The molecule has 0 bridgehead atoms. The highest BCUT2D eigenvalue weighted by Crippen LogP contribution is 2.25. The van der Waals surface area contributed by atoms with Crippen molar-refractivity contribution in [3.8, 4) is 11.1 Å². The standard InChI is InChI=1S/C19H22N2O2S/c1-23-18(22)4-2-3-13-24-17-11-9-15(10-12-17)14-5-7-16(8-6-14)19(20)21/h5-12H,2-4,13H2,1H3,(H3,20,21). The predicted molar refractivity (Wildman–Crippen MR) is 99.5 cm³/mol. The molecule has 0 atom stereocenters. The number of esters is 1. The van der Waals surface area contributed by atoms with Crippen molar-refractivity contribution in [3.05, 3.63) is 54.1 Å². The van der Waals surface area contributed by atoms with Gasteiger partial charge in [0.05, 0.1) is 7.11 Å². The van der Waals surface area contributed by atoms with Crippen molar-refractivity contribution in [3.63, 3.8) is 0 Å². The number of nitrogens with two attached hydrogens (primary N) is 1. The molecule has 0 saturated carbocycles. The van der Waals surface area contributed by atoms with Crippen molar-refractivity contribution in [2.24, 2.45) is 5.73 Å². The summed E-state index contributed by atoms with van der Waals surface area (Å²) in [4.78, 5) is 12.2. The van der Waals surface area contributed by atoms with Crippen molar-refractivity contribution < 1.29 is 9.53 Å². The zero-order chi connectivity index (χ0) is 17.4. The summed E-state index contributed by atoms with van der Waals surface area (Å²) in [5.74, 6) is 0.935. The molecule has 126 valence electrons. The topological polar surface area (TPSA) is 76.2 Å². The van der Waals surface area contributed by atoms with E-state index in [1.807, 2.05) is 24.3 Å². The first-order chi connectivity index (χ1) is 11.6. The summed E-state index contributed by atoms with van der Waals surface area (Å²) in [5, 5.41) is 7.42. The van der Waals surface area contributed by atoms with Gasteiger partial charge in [0.25, 0.3) is 0 Å². The summed E-state index contributed by atoms with van der Waals surface area (Å²) in [6, 6.07) is 16.1. The van der Waals surface area contributed by atoms with Crippen LogP contribution in [0.2, 0.25) is 0 Å². The molecule has 2 rings (SSSR count). The van der Waals surface area contributed by atoms with Crippen LogP contribution < -0.4 is 5.73 Å². The fourth-order valence-corrected chi connectivity index (χ4v) is 3.16. The number of methoxy groups -OCH3 is 1. The first-order valence-electron chi connectivity index (χ1n) is 7.84. The lowest BCUT2D eigenvalue weighted by Crippen LogP contribution is -2.10. The van der Waals surface area contributed by atoms with Crippen LogP contribution in [0.3, 0.4) is 0 Å². The van der Waals surface area contributed by atoms with E-state index in [0.717, 1.165) is 35.3 Å². The van der Waals surface area contributed by atoms with Crippen LogP contribution in [0.5, 0.6) is 0 Å². The van der Waals surface area contributed by atoms with Gasteiger partial charge in [0.1, 0.15) is 5.84 Å². The Morgan fingerprint density at radius 1 is 1.04 bits per heavy atom. The number of benzene rings is 2. The van der Waals surface area contributed by atoms with E-state index in [1.165, 1.54) is 12.0 Å². The molecule has 0 saturated heterocycles. The minimum atomic E-state index is -0.139. The average molecular weight is 342 g/mol. The lowest BCUT2D eigenvalue weighted by atomic mass is 10.0. The third kappa shape index (κ3) is 5.42. The van der Waals surface area contributed by atoms with Gasteiger partial charge in [-0.15, -0.1) is 11.8 Å². The maximum atomic E-state index is 11.0. The lowest BCUT2D eigenvalue weighted by Gasteiger charge is -2.06. The fourth-order valence-electron chi connectivity index (χ4n) is 2.25. The van der Waals surface area contributed by atoms with Gasteiger partial charge in [0, 0.05) is 16.9 Å². The molecule has 0 amide bonds. The first-order valence-corrected chi connectivity index (χ1v) is 8.83. The Morgan fingerprint density at radius 3 is 2.17 bits per heavy atom. The molecule has 0 aliphatic heterocycles. The SMILES string of the molecule is COC(=O)CCCCSc1ccc(-c2ccc(C(=N)N)cc2)cc1.